The quantitative estimate of drug-likeness (QED) is 0.392. The topological polar surface area (TPSA) is 120 Å². The van der Waals surface area contributed by atoms with Crippen molar-refractivity contribution in [1.82, 2.24) is 30.4 Å². The summed E-state index contributed by atoms with van der Waals surface area (Å²) in [6.45, 7) is 1.75. The van der Waals surface area contributed by atoms with E-state index >= 15 is 0 Å². The number of carbonyl (C=O) groups excluding carboxylic acids is 1. The van der Waals surface area contributed by atoms with Crippen LogP contribution in [0.15, 0.2) is 48.8 Å². The molecule has 0 saturated carbocycles. The van der Waals surface area contributed by atoms with E-state index < -0.39 is 5.82 Å². The van der Waals surface area contributed by atoms with Crippen molar-refractivity contribution in [3.05, 3.63) is 65.7 Å². The fraction of sp³-hybridized carbons (Fsp3) is 0.280. The molecule has 5 rings (SSSR count). The molecule has 0 radical (unpaired) electrons. The molecule has 35 heavy (non-hydrogen) atoms. The van der Waals surface area contributed by atoms with Gasteiger partial charge in [-0.3, -0.25) is 4.79 Å². The highest BCUT2D eigenvalue weighted by molar-refractivity contribution is 5.98. The van der Waals surface area contributed by atoms with Gasteiger partial charge in [0.2, 0.25) is 0 Å². The second-order valence-electron chi connectivity index (χ2n) is 8.44. The van der Waals surface area contributed by atoms with Gasteiger partial charge in [0, 0.05) is 24.2 Å². The number of hydrogen-bond donors (Lipinski definition) is 3. The molecule has 0 unspecified atom stereocenters. The third-order valence-electron chi connectivity index (χ3n) is 6.25. The molecule has 2 aromatic carbocycles. The number of nitrogen functional groups attached to an aromatic ring is 1. The van der Waals surface area contributed by atoms with Crippen LogP contribution in [0.4, 0.5) is 10.2 Å². The van der Waals surface area contributed by atoms with Crippen LogP contribution in [0.25, 0.3) is 22.3 Å². The first-order valence-corrected chi connectivity index (χ1v) is 11.5. The highest BCUT2D eigenvalue weighted by atomic mass is 19.1. The Balaban J connectivity index is 1.48. The summed E-state index contributed by atoms with van der Waals surface area (Å²) in [5.74, 6) is -0.0257. The van der Waals surface area contributed by atoms with Gasteiger partial charge in [0.25, 0.3) is 5.91 Å². The van der Waals surface area contributed by atoms with Gasteiger partial charge in [0.05, 0.1) is 24.1 Å². The molecule has 4 N–H and O–H groups in total. The van der Waals surface area contributed by atoms with Crippen LogP contribution in [0.5, 0.6) is 5.75 Å². The fourth-order valence-electron chi connectivity index (χ4n) is 4.45. The summed E-state index contributed by atoms with van der Waals surface area (Å²) in [4.78, 5) is 21.3. The van der Waals surface area contributed by atoms with Gasteiger partial charge in [-0.25, -0.2) is 19.0 Å². The van der Waals surface area contributed by atoms with Crippen LogP contribution in [0.2, 0.25) is 0 Å². The standard InChI is InChI=1S/C25H26FN7O2/c1-35-20-7-3-2-6-18(20)25(34)29-12-16-11-15(8-9-19(16)26)22-21-23(27)30-14-31-24(21)33(32-22)17-5-4-10-28-13-17/h2-3,6-9,11,14,17,28H,4-5,10,12-13H2,1H3,(H,29,34)(H2,27,30,31)/t17-/m1/s1. The summed E-state index contributed by atoms with van der Waals surface area (Å²) in [5, 5.41) is 11.6. The number of amides is 1. The number of benzene rings is 2. The molecule has 1 saturated heterocycles. The number of carbonyl (C=O) groups is 1. The largest absolute Gasteiger partial charge is 0.496 e. The van der Waals surface area contributed by atoms with Crippen molar-refractivity contribution in [2.75, 3.05) is 25.9 Å². The van der Waals surface area contributed by atoms with Crippen LogP contribution < -0.4 is 21.1 Å². The molecule has 1 amide bonds. The number of nitrogens with two attached hydrogens (primary N) is 1. The van der Waals surface area contributed by atoms with E-state index in [1.165, 1.54) is 19.5 Å². The molecular weight excluding hydrogens is 449 g/mol. The number of nitrogens with zero attached hydrogens (tertiary/aromatic N) is 4. The highest BCUT2D eigenvalue weighted by Gasteiger charge is 2.24. The molecule has 180 valence electrons. The zero-order valence-corrected chi connectivity index (χ0v) is 19.3. The number of nitrogens with one attached hydrogen (secondary N) is 2. The first kappa shape index (κ1) is 22.7. The third-order valence-corrected chi connectivity index (χ3v) is 6.25. The van der Waals surface area contributed by atoms with Crippen molar-refractivity contribution in [3.8, 4) is 17.0 Å². The summed E-state index contributed by atoms with van der Waals surface area (Å²) in [6.07, 6.45) is 3.44. The first-order chi connectivity index (χ1) is 17.1. The van der Waals surface area contributed by atoms with Crippen molar-refractivity contribution >= 4 is 22.8 Å². The van der Waals surface area contributed by atoms with E-state index in [9.17, 15) is 9.18 Å². The van der Waals surface area contributed by atoms with Crippen LogP contribution in [0.3, 0.4) is 0 Å². The Labute approximate surface area is 201 Å². The van der Waals surface area contributed by atoms with Gasteiger partial charge in [-0.2, -0.15) is 5.10 Å². The maximum Gasteiger partial charge on any atom is 0.255 e. The maximum absolute atomic E-state index is 14.7. The van der Waals surface area contributed by atoms with E-state index in [4.69, 9.17) is 15.6 Å². The van der Waals surface area contributed by atoms with Crippen molar-refractivity contribution in [1.29, 1.82) is 0 Å². The lowest BCUT2D eigenvalue weighted by molar-refractivity contribution is 0.0947. The van der Waals surface area contributed by atoms with Crippen LogP contribution in [-0.2, 0) is 6.54 Å². The van der Waals surface area contributed by atoms with Gasteiger partial charge in [0.1, 0.15) is 29.4 Å². The first-order valence-electron chi connectivity index (χ1n) is 11.5. The van der Waals surface area contributed by atoms with E-state index in [-0.39, 0.29) is 18.5 Å². The Morgan fingerprint density at radius 3 is 2.94 bits per heavy atom. The highest BCUT2D eigenvalue weighted by Crippen LogP contribution is 2.33. The second kappa shape index (κ2) is 9.67. The number of para-hydroxylation sites is 1. The van der Waals surface area contributed by atoms with E-state index in [2.05, 4.69) is 20.6 Å². The lowest BCUT2D eigenvalue weighted by Crippen LogP contribution is -2.32. The van der Waals surface area contributed by atoms with Crippen molar-refractivity contribution in [2.45, 2.75) is 25.4 Å². The Hall–Kier alpha value is -4.05. The number of aromatic nitrogens is 4. The predicted molar refractivity (Wildman–Crippen MR) is 130 cm³/mol. The molecule has 2 aromatic heterocycles. The SMILES string of the molecule is COc1ccccc1C(=O)NCc1cc(-c2nn([C@@H]3CCCNC3)c3ncnc(N)c23)ccc1F. The summed E-state index contributed by atoms with van der Waals surface area (Å²) >= 11 is 0. The summed E-state index contributed by atoms with van der Waals surface area (Å²) in [7, 11) is 1.50. The summed E-state index contributed by atoms with van der Waals surface area (Å²) < 4.78 is 21.9. The number of ether oxygens (including phenoxy) is 1. The monoisotopic (exact) mass is 475 g/mol. The molecule has 0 bridgehead atoms. The molecule has 1 aliphatic heterocycles. The lowest BCUT2D eigenvalue weighted by Gasteiger charge is -2.23. The van der Waals surface area contributed by atoms with E-state index in [0.717, 1.165) is 25.9 Å². The molecule has 3 heterocycles. The van der Waals surface area contributed by atoms with Crippen LogP contribution in [0.1, 0.15) is 34.8 Å². The van der Waals surface area contributed by atoms with E-state index in [1.807, 2.05) is 4.68 Å². The minimum Gasteiger partial charge on any atom is -0.496 e. The average Bonchev–Trinajstić information content (AvgIpc) is 3.29. The van der Waals surface area contributed by atoms with Crippen molar-refractivity contribution < 1.29 is 13.9 Å². The minimum absolute atomic E-state index is 0.00623. The van der Waals surface area contributed by atoms with Crippen LogP contribution in [0, 0.1) is 5.82 Å². The molecule has 1 atom stereocenters. The molecule has 9 nitrogen and oxygen atoms in total. The number of rotatable bonds is 6. The lowest BCUT2D eigenvalue weighted by atomic mass is 10.1. The smallest absolute Gasteiger partial charge is 0.255 e. The van der Waals surface area contributed by atoms with Crippen molar-refractivity contribution in [2.24, 2.45) is 0 Å². The normalized spacial score (nSPS) is 15.8. The minimum atomic E-state index is -0.432. The predicted octanol–water partition coefficient (Wildman–Crippen LogP) is 3.08. The molecule has 1 fully saturated rings. The number of hydrogen-bond acceptors (Lipinski definition) is 7. The van der Waals surface area contributed by atoms with Crippen LogP contribution in [-0.4, -0.2) is 45.9 Å². The molecule has 4 aromatic rings. The molecule has 0 aliphatic carbocycles. The molecule has 1 aliphatic rings. The summed E-state index contributed by atoms with van der Waals surface area (Å²) in [6, 6.07) is 11.7. The Morgan fingerprint density at radius 1 is 1.29 bits per heavy atom. The van der Waals surface area contributed by atoms with Gasteiger partial charge >= 0.3 is 0 Å². The average molecular weight is 476 g/mol. The Kier molecular flexibility index (Phi) is 6.28. The second-order valence-corrected chi connectivity index (χ2v) is 8.44. The van der Waals surface area contributed by atoms with Gasteiger partial charge < -0.3 is 21.1 Å². The van der Waals surface area contributed by atoms with Gasteiger partial charge in [-0.05, 0) is 49.7 Å². The van der Waals surface area contributed by atoms with Gasteiger partial charge in [-0.1, -0.05) is 12.1 Å². The van der Waals surface area contributed by atoms with Crippen LogP contribution >= 0.6 is 0 Å². The molecule has 10 heteroatoms. The summed E-state index contributed by atoms with van der Waals surface area (Å²) in [5.41, 5.74) is 8.83. The number of piperidine rings is 1. The Morgan fingerprint density at radius 2 is 2.14 bits per heavy atom. The number of halogens is 1. The number of methoxy groups -OCH3 is 1. The van der Waals surface area contributed by atoms with E-state index in [0.29, 0.717) is 45.0 Å². The van der Waals surface area contributed by atoms with Gasteiger partial charge in [0.15, 0.2) is 5.65 Å². The van der Waals surface area contributed by atoms with Crippen molar-refractivity contribution in [3.63, 3.8) is 0 Å². The fourth-order valence-corrected chi connectivity index (χ4v) is 4.45. The zero-order chi connectivity index (χ0) is 24.4. The number of anilines is 1. The van der Waals surface area contributed by atoms with E-state index in [1.54, 1.807) is 36.4 Å². The molecular formula is C25H26FN7O2. The Bertz CT molecular complexity index is 1380. The maximum atomic E-state index is 14.7. The zero-order valence-electron chi connectivity index (χ0n) is 19.3. The third kappa shape index (κ3) is 4.40. The molecule has 0 spiro atoms. The number of fused-ring (bicyclic) bond motifs is 1. The van der Waals surface area contributed by atoms with Gasteiger partial charge in [-0.15, -0.1) is 0 Å².